The second-order valence-electron chi connectivity index (χ2n) is 4.99. The number of nitrogen functional groups attached to an aromatic ring is 1. The lowest BCUT2D eigenvalue weighted by Gasteiger charge is -2.33. The zero-order valence-electron chi connectivity index (χ0n) is 10.9. The summed E-state index contributed by atoms with van der Waals surface area (Å²) in [5, 5.41) is 0. The van der Waals surface area contributed by atoms with E-state index in [-0.39, 0.29) is 23.1 Å². The van der Waals surface area contributed by atoms with Gasteiger partial charge in [0.15, 0.2) is 9.84 Å². The maximum Gasteiger partial charge on any atom is 0.250 e. The molecule has 1 unspecified atom stereocenters. The summed E-state index contributed by atoms with van der Waals surface area (Å²) in [7, 11) is -2.89. The fourth-order valence-corrected chi connectivity index (χ4v) is 3.95. The fourth-order valence-electron chi connectivity index (χ4n) is 2.33. The summed E-state index contributed by atoms with van der Waals surface area (Å²) >= 11 is 0. The van der Waals surface area contributed by atoms with E-state index >= 15 is 0 Å². The Balaban J connectivity index is 2.00. The van der Waals surface area contributed by atoms with Crippen LogP contribution < -0.4 is 11.3 Å². The van der Waals surface area contributed by atoms with Crippen LogP contribution in [0.4, 0.5) is 5.69 Å². The number of anilines is 1. The van der Waals surface area contributed by atoms with Gasteiger partial charge in [0.05, 0.1) is 11.5 Å². The number of aromatic nitrogens is 1. The number of sulfone groups is 1. The lowest BCUT2D eigenvalue weighted by atomic mass is 10.3. The summed E-state index contributed by atoms with van der Waals surface area (Å²) in [4.78, 5) is 13.7. The molecule has 1 aromatic rings. The van der Waals surface area contributed by atoms with Crippen LogP contribution in [0.25, 0.3) is 0 Å². The molecule has 0 bridgehead atoms. The van der Waals surface area contributed by atoms with Gasteiger partial charge in [0.2, 0.25) is 0 Å². The van der Waals surface area contributed by atoms with Crippen LogP contribution in [0.2, 0.25) is 0 Å². The predicted octanol–water partition coefficient (Wildman–Crippen LogP) is -0.451. The fraction of sp³-hybridized carbons (Fsp3) is 0.583. The van der Waals surface area contributed by atoms with E-state index in [0.717, 1.165) is 0 Å². The van der Waals surface area contributed by atoms with Crippen molar-refractivity contribution in [3.63, 3.8) is 0 Å². The van der Waals surface area contributed by atoms with Crippen LogP contribution in [0.3, 0.4) is 0 Å². The Morgan fingerprint density at radius 3 is 2.79 bits per heavy atom. The van der Waals surface area contributed by atoms with Crippen molar-refractivity contribution in [2.75, 3.05) is 30.3 Å². The Labute approximate surface area is 112 Å². The molecule has 0 aliphatic carbocycles. The lowest BCUT2D eigenvalue weighted by Crippen LogP contribution is -2.48. The van der Waals surface area contributed by atoms with Gasteiger partial charge < -0.3 is 10.3 Å². The number of rotatable bonds is 3. The molecule has 0 saturated carbocycles. The third kappa shape index (κ3) is 3.57. The van der Waals surface area contributed by atoms with E-state index < -0.39 is 9.84 Å². The molecule has 19 heavy (non-hydrogen) atoms. The average molecular weight is 285 g/mol. The van der Waals surface area contributed by atoms with E-state index in [1.807, 2.05) is 6.92 Å². The Morgan fingerprint density at radius 1 is 1.37 bits per heavy atom. The summed E-state index contributed by atoms with van der Waals surface area (Å²) in [6, 6.07) is 3.02. The van der Waals surface area contributed by atoms with Gasteiger partial charge in [-0.2, -0.15) is 0 Å². The number of pyridine rings is 1. The van der Waals surface area contributed by atoms with Gasteiger partial charge in [-0.25, -0.2) is 8.42 Å². The van der Waals surface area contributed by atoms with Crippen LogP contribution in [-0.2, 0) is 16.4 Å². The van der Waals surface area contributed by atoms with Gasteiger partial charge in [0.1, 0.15) is 0 Å². The van der Waals surface area contributed by atoms with E-state index in [1.54, 1.807) is 16.8 Å². The van der Waals surface area contributed by atoms with Gasteiger partial charge in [-0.1, -0.05) is 0 Å². The van der Waals surface area contributed by atoms with Crippen molar-refractivity contribution in [1.82, 2.24) is 9.47 Å². The number of hydrogen-bond donors (Lipinski definition) is 1. The SMILES string of the molecule is CC1CS(=O)(=O)CCN1CCn1cc(N)ccc1=O. The highest BCUT2D eigenvalue weighted by Crippen LogP contribution is 2.11. The van der Waals surface area contributed by atoms with Crippen molar-refractivity contribution < 1.29 is 8.42 Å². The van der Waals surface area contributed by atoms with E-state index in [4.69, 9.17) is 5.73 Å². The molecule has 7 heteroatoms. The molecule has 6 nitrogen and oxygen atoms in total. The predicted molar refractivity (Wildman–Crippen MR) is 74.8 cm³/mol. The molecule has 1 atom stereocenters. The first-order chi connectivity index (χ1) is 8.87. The number of nitrogens with two attached hydrogens (primary N) is 1. The molecular weight excluding hydrogens is 266 g/mol. The van der Waals surface area contributed by atoms with Gasteiger partial charge in [-0.3, -0.25) is 9.69 Å². The van der Waals surface area contributed by atoms with Gasteiger partial charge in [-0.05, 0) is 13.0 Å². The second-order valence-corrected chi connectivity index (χ2v) is 7.22. The molecule has 0 spiro atoms. The molecule has 1 saturated heterocycles. The molecule has 1 fully saturated rings. The highest BCUT2D eigenvalue weighted by atomic mass is 32.2. The molecule has 1 aliphatic heterocycles. The minimum atomic E-state index is -2.89. The maximum absolute atomic E-state index is 11.6. The zero-order chi connectivity index (χ0) is 14.0. The van der Waals surface area contributed by atoms with Crippen molar-refractivity contribution in [3.05, 3.63) is 28.7 Å². The summed E-state index contributed by atoms with van der Waals surface area (Å²) in [6.07, 6.45) is 1.62. The summed E-state index contributed by atoms with van der Waals surface area (Å²) < 4.78 is 24.5. The number of nitrogens with zero attached hydrogens (tertiary/aromatic N) is 2. The Hall–Kier alpha value is -1.34. The Bertz CT molecular complexity index is 609. The van der Waals surface area contributed by atoms with Crippen LogP contribution in [0.15, 0.2) is 23.1 Å². The zero-order valence-corrected chi connectivity index (χ0v) is 11.8. The van der Waals surface area contributed by atoms with Gasteiger partial charge in [0.25, 0.3) is 5.56 Å². The topological polar surface area (TPSA) is 85.4 Å². The average Bonchev–Trinajstić information content (AvgIpc) is 2.31. The maximum atomic E-state index is 11.6. The second kappa shape index (κ2) is 5.34. The highest BCUT2D eigenvalue weighted by Gasteiger charge is 2.27. The molecule has 2 rings (SSSR count). The lowest BCUT2D eigenvalue weighted by molar-refractivity contribution is 0.217. The standard InChI is InChI=1S/C12H19N3O3S/c1-10-9-19(17,18)7-6-14(10)4-5-15-8-11(13)2-3-12(15)16/h2-3,8,10H,4-7,9,13H2,1H3. The van der Waals surface area contributed by atoms with Crippen molar-refractivity contribution in [2.24, 2.45) is 0 Å². The van der Waals surface area contributed by atoms with Crippen LogP contribution in [0.1, 0.15) is 6.92 Å². The van der Waals surface area contributed by atoms with E-state index in [1.165, 1.54) is 6.07 Å². The minimum Gasteiger partial charge on any atom is -0.398 e. The van der Waals surface area contributed by atoms with Gasteiger partial charge >= 0.3 is 0 Å². The summed E-state index contributed by atoms with van der Waals surface area (Å²) in [6.45, 7) is 3.60. The van der Waals surface area contributed by atoms with Crippen molar-refractivity contribution in [2.45, 2.75) is 19.5 Å². The monoisotopic (exact) mass is 285 g/mol. The first-order valence-electron chi connectivity index (χ1n) is 6.28. The Kier molecular flexibility index (Phi) is 3.96. The van der Waals surface area contributed by atoms with Gasteiger partial charge in [0, 0.05) is 43.6 Å². The third-order valence-corrected chi connectivity index (χ3v) is 5.24. The first-order valence-corrected chi connectivity index (χ1v) is 8.10. The van der Waals surface area contributed by atoms with Crippen molar-refractivity contribution >= 4 is 15.5 Å². The normalized spacial score (nSPS) is 23.3. The van der Waals surface area contributed by atoms with Crippen LogP contribution in [0.5, 0.6) is 0 Å². The largest absolute Gasteiger partial charge is 0.398 e. The molecule has 0 aromatic carbocycles. The van der Waals surface area contributed by atoms with E-state index in [0.29, 0.717) is 25.3 Å². The highest BCUT2D eigenvalue weighted by molar-refractivity contribution is 7.91. The minimum absolute atomic E-state index is 0.00416. The molecule has 1 aliphatic rings. The van der Waals surface area contributed by atoms with E-state index in [2.05, 4.69) is 4.90 Å². The molecular formula is C12H19N3O3S. The van der Waals surface area contributed by atoms with Crippen molar-refractivity contribution in [3.8, 4) is 0 Å². The van der Waals surface area contributed by atoms with Crippen LogP contribution >= 0.6 is 0 Å². The third-order valence-electron chi connectivity index (χ3n) is 3.44. The molecule has 1 aromatic heterocycles. The van der Waals surface area contributed by atoms with E-state index in [9.17, 15) is 13.2 Å². The first kappa shape index (κ1) is 14.1. The molecule has 0 radical (unpaired) electrons. The smallest absolute Gasteiger partial charge is 0.250 e. The quantitative estimate of drug-likeness (QED) is 0.813. The van der Waals surface area contributed by atoms with Crippen molar-refractivity contribution in [1.29, 1.82) is 0 Å². The molecule has 0 amide bonds. The Morgan fingerprint density at radius 2 is 2.11 bits per heavy atom. The summed E-state index contributed by atoms with van der Waals surface area (Å²) in [5.41, 5.74) is 6.11. The van der Waals surface area contributed by atoms with Crippen LogP contribution in [0, 0.1) is 0 Å². The number of hydrogen-bond acceptors (Lipinski definition) is 5. The molecule has 106 valence electrons. The molecule has 2 N–H and O–H groups in total. The summed E-state index contributed by atoms with van der Waals surface area (Å²) in [5.74, 6) is 0.391. The van der Waals surface area contributed by atoms with Crippen LogP contribution in [-0.4, -0.2) is 48.5 Å². The molecule has 2 heterocycles. The van der Waals surface area contributed by atoms with Gasteiger partial charge in [-0.15, -0.1) is 0 Å².